The summed E-state index contributed by atoms with van der Waals surface area (Å²) in [5.74, 6) is -0.901. The third-order valence-electron chi connectivity index (χ3n) is 0.948. The van der Waals surface area contributed by atoms with E-state index in [-0.39, 0.29) is 5.91 Å². The Morgan fingerprint density at radius 3 is 2.55 bits per heavy atom. The van der Waals surface area contributed by atoms with Crippen LogP contribution in [0.25, 0.3) is 0 Å². The molecule has 2 amide bonds. The van der Waals surface area contributed by atoms with E-state index in [0.29, 0.717) is 6.54 Å². The lowest BCUT2D eigenvalue weighted by atomic mass is 10.4. The van der Waals surface area contributed by atoms with Crippen LogP contribution < -0.4 is 11.1 Å². The predicted octanol–water partition coefficient (Wildman–Crippen LogP) is -0.446. The molecule has 0 fully saturated rings. The molecular weight excluding hydrogens is 144 g/mol. The van der Waals surface area contributed by atoms with E-state index in [1.54, 1.807) is 0 Å². The van der Waals surface area contributed by atoms with Gasteiger partial charge in [-0.3, -0.25) is 9.59 Å². The van der Waals surface area contributed by atoms with Crippen LogP contribution in [0.15, 0.2) is 12.2 Å². The van der Waals surface area contributed by atoms with Crippen LogP contribution in [0.5, 0.6) is 0 Å². The van der Waals surface area contributed by atoms with Crippen LogP contribution >= 0.6 is 0 Å². The summed E-state index contributed by atoms with van der Waals surface area (Å²) in [6, 6.07) is 0. The average Bonchev–Trinajstić information content (AvgIpc) is 1.97. The number of nitrogens with two attached hydrogens (primary N) is 1. The van der Waals surface area contributed by atoms with E-state index >= 15 is 0 Å². The molecule has 4 heteroatoms. The molecule has 62 valence electrons. The summed E-state index contributed by atoms with van der Waals surface area (Å²) in [5, 5.41) is 2.55. The number of nitrogens with one attached hydrogen (secondary N) is 1. The highest BCUT2D eigenvalue weighted by atomic mass is 16.2. The van der Waals surface area contributed by atoms with Gasteiger partial charge in [0.05, 0.1) is 0 Å². The van der Waals surface area contributed by atoms with E-state index in [0.717, 1.165) is 18.6 Å². The number of carbonyl (C=O) groups excluding carboxylic acids is 2. The van der Waals surface area contributed by atoms with E-state index < -0.39 is 5.91 Å². The van der Waals surface area contributed by atoms with Gasteiger partial charge in [-0.05, 0) is 6.42 Å². The minimum atomic E-state index is -0.614. The monoisotopic (exact) mass is 156 g/mol. The lowest BCUT2D eigenvalue weighted by Crippen LogP contribution is -2.22. The van der Waals surface area contributed by atoms with Gasteiger partial charge in [-0.1, -0.05) is 6.92 Å². The Kier molecular flexibility index (Phi) is 4.81. The van der Waals surface area contributed by atoms with Crippen molar-refractivity contribution in [3.8, 4) is 0 Å². The maximum Gasteiger partial charge on any atom is 0.244 e. The Balaban J connectivity index is 3.60. The third-order valence-corrected chi connectivity index (χ3v) is 0.948. The molecule has 11 heavy (non-hydrogen) atoms. The number of hydrogen-bond acceptors (Lipinski definition) is 2. The van der Waals surface area contributed by atoms with Crippen molar-refractivity contribution in [1.29, 1.82) is 0 Å². The molecule has 0 aromatic carbocycles. The van der Waals surface area contributed by atoms with Gasteiger partial charge in [0, 0.05) is 18.7 Å². The molecule has 0 bridgehead atoms. The zero-order valence-electron chi connectivity index (χ0n) is 6.46. The fourth-order valence-electron chi connectivity index (χ4n) is 0.465. The highest BCUT2D eigenvalue weighted by Gasteiger charge is 1.92. The zero-order chi connectivity index (χ0) is 8.69. The largest absolute Gasteiger partial charge is 0.366 e. The number of amides is 2. The summed E-state index contributed by atoms with van der Waals surface area (Å²) in [6.45, 7) is 2.56. The maximum atomic E-state index is 10.7. The Bertz CT molecular complexity index is 175. The second-order valence-corrected chi connectivity index (χ2v) is 2.03. The molecule has 0 aliphatic carbocycles. The first-order valence-corrected chi connectivity index (χ1v) is 3.42. The average molecular weight is 156 g/mol. The van der Waals surface area contributed by atoms with Gasteiger partial charge in [0.1, 0.15) is 0 Å². The molecule has 0 aliphatic rings. The molecule has 0 aliphatic heterocycles. The number of rotatable bonds is 4. The maximum absolute atomic E-state index is 10.7. The number of hydrogen-bond donors (Lipinski definition) is 2. The first kappa shape index (κ1) is 9.68. The third kappa shape index (κ3) is 6.57. The summed E-state index contributed by atoms with van der Waals surface area (Å²) in [6.07, 6.45) is 3.03. The summed E-state index contributed by atoms with van der Waals surface area (Å²) in [7, 11) is 0. The zero-order valence-corrected chi connectivity index (χ0v) is 6.46. The van der Waals surface area contributed by atoms with Gasteiger partial charge >= 0.3 is 0 Å². The second-order valence-electron chi connectivity index (χ2n) is 2.03. The molecule has 0 atom stereocenters. The van der Waals surface area contributed by atoms with Crippen LogP contribution in [0, 0.1) is 0 Å². The van der Waals surface area contributed by atoms with Crippen molar-refractivity contribution in [3.63, 3.8) is 0 Å². The molecule has 0 radical (unpaired) electrons. The van der Waals surface area contributed by atoms with Crippen LogP contribution in [0.4, 0.5) is 0 Å². The fraction of sp³-hybridized carbons (Fsp3) is 0.429. The van der Waals surface area contributed by atoms with Crippen LogP contribution in [0.3, 0.4) is 0 Å². The van der Waals surface area contributed by atoms with Crippen molar-refractivity contribution < 1.29 is 9.59 Å². The van der Waals surface area contributed by atoms with Gasteiger partial charge in [-0.2, -0.15) is 0 Å². The topological polar surface area (TPSA) is 72.2 Å². The Morgan fingerprint density at radius 1 is 1.45 bits per heavy atom. The van der Waals surface area contributed by atoms with Crippen molar-refractivity contribution in [2.75, 3.05) is 6.54 Å². The fourth-order valence-corrected chi connectivity index (χ4v) is 0.465. The highest BCUT2D eigenvalue weighted by molar-refractivity contribution is 5.95. The molecule has 0 rings (SSSR count). The molecule has 0 saturated heterocycles. The van der Waals surface area contributed by atoms with Crippen molar-refractivity contribution in [1.82, 2.24) is 5.32 Å². The van der Waals surface area contributed by atoms with Gasteiger partial charge in [0.15, 0.2) is 0 Å². The molecule has 0 aromatic rings. The van der Waals surface area contributed by atoms with Crippen LogP contribution in [0.1, 0.15) is 13.3 Å². The number of primary amides is 1. The molecule has 0 saturated carbocycles. The van der Waals surface area contributed by atoms with Crippen molar-refractivity contribution in [3.05, 3.63) is 12.2 Å². The summed E-state index contributed by atoms with van der Waals surface area (Å²) in [4.78, 5) is 20.8. The molecule has 0 aromatic heterocycles. The van der Waals surface area contributed by atoms with E-state index in [1.165, 1.54) is 0 Å². The molecule has 3 N–H and O–H groups in total. The van der Waals surface area contributed by atoms with Crippen molar-refractivity contribution >= 4 is 11.8 Å². The molecule has 4 nitrogen and oxygen atoms in total. The minimum absolute atomic E-state index is 0.286. The van der Waals surface area contributed by atoms with Gasteiger partial charge in [0.2, 0.25) is 11.8 Å². The lowest BCUT2D eigenvalue weighted by molar-refractivity contribution is -0.117. The molecular formula is C7H12N2O2. The van der Waals surface area contributed by atoms with Crippen LogP contribution in [-0.4, -0.2) is 18.4 Å². The molecule has 0 heterocycles. The van der Waals surface area contributed by atoms with E-state index in [1.807, 2.05) is 6.92 Å². The summed E-state index contributed by atoms with van der Waals surface area (Å²) < 4.78 is 0. The van der Waals surface area contributed by atoms with Gasteiger partial charge in [-0.25, -0.2) is 0 Å². The molecule has 0 unspecified atom stereocenters. The van der Waals surface area contributed by atoms with Crippen molar-refractivity contribution in [2.45, 2.75) is 13.3 Å². The second kappa shape index (κ2) is 5.46. The van der Waals surface area contributed by atoms with E-state index in [4.69, 9.17) is 5.73 Å². The Hall–Kier alpha value is -1.32. The first-order valence-electron chi connectivity index (χ1n) is 3.42. The smallest absolute Gasteiger partial charge is 0.244 e. The summed E-state index contributed by atoms with van der Waals surface area (Å²) >= 11 is 0. The SMILES string of the molecule is CCCNC(=O)/C=C\C(N)=O. The normalized spacial score (nSPS) is 9.91. The van der Waals surface area contributed by atoms with Gasteiger partial charge < -0.3 is 11.1 Å². The first-order chi connectivity index (χ1) is 5.16. The number of carbonyl (C=O) groups is 2. The van der Waals surface area contributed by atoms with E-state index in [9.17, 15) is 9.59 Å². The van der Waals surface area contributed by atoms with E-state index in [2.05, 4.69) is 5.32 Å². The highest BCUT2D eigenvalue weighted by Crippen LogP contribution is 1.74. The predicted molar refractivity (Wildman–Crippen MR) is 41.6 cm³/mol. The van der Waals surface area contributed by atoms with Gasteiger partial charge in [0.25, 0.3) is 0 Å². The standard InChI is InChI=1S/C7H12N2O2/c1-2-5-9-7(11)4-3-6(8)10/h3-4H,2,5H2,1H3,(H2,8,10)(H,9,11)/b4-3-. The Morgan fingerprint density at radius 2 is 2.09 bits per heavy atom. The summed E-state index contributed by atoms with van der Waals surface area (Å²) in [5.41, 5.74) is 4.76. The molecule has 0 spiro atoms. The van der Waals surface area contributed by atoms with Crippen molar-refractivity contribution in [2.24, 2.45) is 5.73 Å². The van der Waals surface area contributed by atoms with Crippen LogP contribution in [-0.2, 0) is 9.59 Å². The lowest BCUT2D eigenvalue weighted by Gasteiger charge is -1.95. The van der Waals surface area contributed by atoms with Crippen LogP contribution in [0.2, 0.25) is 0 Å². The minimum Gasteiger partial charge on any atom is -0.366 e. The van der Waals surface area contributed by atoms with Gasteiger partial charge in [-0.15, -0.1) is 0 Å². The quantitative estimate of drug-likeness (QED) is 0.541. The Labute approximate surface area is 65.5 Å².